The van der Waals surface area contributed by atoms with Crippen molar-refractivity contribution in [1.29, 1.82) is 0 Å². The Morgan fingerprint density at radius 3 is 2.30 bits per heavy atom. The third kappa shape index (κ3) is 3.41. The Morgan fingerprint density at radius 1 is 0.818 bits per heavy atom. The number of amides is 2. The number of hydrogen-bond acceptors (Lipinski definition) is 4. The SMILES string of the molecule is COc1ccc(C2=C(N3CCCc4ccccc43)C(=O)N(c3cccc(C)c3C)C2=O)cc1. The predicted molar refractivity (Wildman–Crippen MR) is 130 cm³/mol. The van der Waals surface area contributed by atoms with E-state index in [9.17, 15) is 9.59 Å². The Morgan fingerprint density at radius 2 is 1.55 bits per heavy atom. The molecular formula is C28H26N2O3. The average molecular weight is 439 g/mol. The van der Waals surface area contributed by atoms with Gasteiger partial charge in [0.05, 0.1) is 18.4 Å². The first kappa shape index (κ1) is 21.0. The molecule has 166 valence electrons. The normalized spacial score (nSPS) is 15.8. The molecule has 0 aliphatic carbocycles. The molecule has 5 nitrogen and oxygen atoms in total. The Kier molecular flexibility index (Phi) is 5.25. The minimum atomic E-state index is -0.295. The molecule has 0 radical (unpaired) electrons. The Labute approximate surface area is 193 Å². The first-order chi connectivity index (χ1) is 16.0. The number of hydrogen-bond donors (Lipinski definition) is 0. The summed E-state index contributed by atoms with van der Waals surface area (Å²) in [5.74, 6) is 0.125. The zero-order valence-corrected chi connectivity index (χ0v) is 19.1. The number of para-hydroxylation sites is 1. The summed E-state index contributed by atoms with van der Waals surface area (Å²) in [5.41, 5.74) is 6.36. The summed E-state index contributed by atoms with van der Waals surface area (Å²) in [5, 5.41) is 0. The van der Waals surface area contributed by atoms with Crippen molar-refractivity contribution in [1.82, 2.24) is 0 Å². The molecule has 5 heteroatoms. The highest BCUT2D eigenvalue weighted by atomic mass is 16.5. The molecule has 5 rings (SSSR count). The van der Waals surface area contributed by atoms with Crippen LogP contribution in [-0.2, 0) is 16.0 Å². The lowest BCUT2D eigenvalue weighted by Crippen LogP contribution is -2.37. The highest BCUT2D eigenvalue weighted by molar-refractivity contribution is 6.46. The van der Waals surface area contributed by atoms with Crippen molar-refractivity contribution in [2.75, 3.05) is 23.5 Å². The number of anilines is 2. The van der Waals surface area contributed by atoms with Crippen LogP contribution in [0.2, 0.25) is 0 Å². The predicted octanol–water partition coefficient (Wildman–Crippen LogP) is 5.05. The standard InChI is InChI=1S/C28H26N2O3/c1-18-8-6-12-23(19(18)2)30-27(31)25(21-13-15-22(33-3)16-14-21)26(28(30)32)29-17-7-10-20-9-4-5-11-24(20)29/h4-6,8-9,11-16H,7,10,17H2,1-3H3. The van der Waals surface area contributed by atoms with E-state index in [0.717, 1.165) is 29.7 Å². The lowest BCUT2D eigenvalue weighted by Gasteiger charge is -2.32. The second kappa shape index (κ2) is 8.24. The lowest BCUT2D eigenvalue weighted by atomic mass is 9.98. The molecule has 3 aromatic carbocycles. The fourth-order valence-corrected chi connectivity index (χ4v) is 4.75. The van der Waals surface area contributed by atoms with Crippen molar-refractivity contribution in [2.24, 2.45) is 0 Å². The summed E-state index contributed by atoms with van der Waals surface area (Å²) in [7, 11) is 1.61. The van der Waals surface area contributed by atoms with E-state index in [-0.39, 0.29) is 11.8 Å². The maximum absolute atomic E-state index is 14.0. The molecule has 2 aliphatic heterocycles. The van der Waals surface area contributed by atoms with E-state index in [0.29, 0.717) is 34.8 Å². The van der Waals surface area contributed by atoms with Crippen molar-refractivity contribution in [3.8, 4) is 5.75 Å². The monoisotopic (exact) mass is 438 g/mol. The number of nitrogens with zero attached hydrogens (tertiary/aromatic N) is 2. The van der Waals surface area contributed by atoms with Gasteiger partial charge in [0.15, 0.2) is 0 Å². The van der Waals surface area contributed by atoms with Crippen molar-refractivity contribution in [3.63, 3.8) is 0 Å². The maximum atomic E-state index is 14.0. The minimum Gasteiger partial charge on any atom is -0.497 e. The number of ether oxygens (including phenoxy) is 1. The fourth-order valence-electron chi connectivity index (χ4n) is 4.75. The largest absolute Gasteiger partial charge is 0.497 e. The Balaban J connectivity index is 1.71. The van der Waals surface area contributed by atoms with Crippen LogP contribution >= 0.6 is 0 Å². The van der Waals surface area contributed by atoms with E-state index in [1.54, 1.807) is 7.11 Å². The summed E-state index contributed by atoms with van der Waals surface area (Å²) in [6.07, 6.45) is 1.88. The quantitative estimate of drug-likeness (QED) is 0.535. The van der Waals surface area contributed by atoms with Gasteiger partial charge in [-0.3, -0.25) is 9.59 Å². The zero-order valence-electron chi connectivity index (χ0n) is 19.1. The summed E-state index contributed by atoms with van der Waals surface area (Å²) in [6.45, 7) is 4.63. The van der Waals surface area contributed by atoms with Crippen LogP contribution in [0.15, 0.2) is 72.4 Å². The second-order valence-corrected chi connectivity index (χ2v) is 8.50. The van der Waals surface area contributed by atoms with E-state index in [2.05, 4.69) is 6.07 Å². The molecule has 0 atom stereocenters. The number of carbonyl (C=O) groups excluding carboxylic acids is 2. The molecule has 0 saturated carbocycles. The third-order valence-corrected chi connectivity index (χ3v) is 6.64. The van der Waals surface area contributed by atoms with Gasteiger partial charge in [0.1, 0.15) is 11.4 Å². The minimum absolute atomic E-state index is 0.281. The summed E-state index contributed by atoms with van der Waals surface area (Å²) < 4.78 is 5.30. The van der Waals surface area contributed by atoms with E-state index in [1.807, 2.05) is 79.4 Å². The molecule has 2 aliphatic rings. The molecule has 0 bridgehead atoms. The van der Waals surface area contributed by atoms with Crippen LogP contribution in [0.3, 0.4) is 0 Å². The smallest absolute Gasteiger partial charge is 0.282 e. The highest BCUT2D eigenvalue weighted by Gasteiger charge is 2.44. The first-order valence-corrected chi connectivity index (χ1v) is 11.2. The number of aryl methyl sites for hydroxylation is 2. The zero-order chi connectivity index (χ0) is 23.1. The summed E-state index contributed by atoms with van der Waals surface area (Å²) >= 11 is 0. The average Bonchev–Trinajstić information content (AvgIpc) is 3.10. The molecule has 0 fully saturated rings. The van der Waals surface area contributed by atoms with Crippen LogP contribution in [0.1, 0.15) is 28.7 Å². The van der Waals surface area contributed by atoms with Crippen LogP contribution in [-0.4, -0.2) is 25.5 Å². The van der Waals surface area contributed by atoms with Gasteiger partial charge in [0, 0.05) is 12.2 Å². The topological polar surface area (TPSA) is 49.9 Å². The van der Waals surface area contributed by atoms with Gasteiger partial charge in [0.25, 0.3) is 11.8 Å². The van der Waals surface area contributed by atoms with E-state index in [1.165, 1.54) is 10.5 Å². The summed E-state index contributed by atoms with van der Waals surface area (Å²) in [6, 6.07) is 21.2. The third-order valence-electron chi connectivity index (χ3n) is 6.64. The van der Waals surface area contributed by atoms with Crippen LogP contribution in [0, 0.1) is 13.8 Å². The van der Waals surface area contributed by atoms with E-state index < -0.39 is 0 Å². The fraction of sp³-hybridized carbons (Fsp3) is 0.214. The highest BCUT2D eigenvalue weighted by Crippen LogP contribution is 2.40. The van der Waals surface area contributed by atoms with E-state index >= 15 is 0 Å². The number of imide groups is 1. The molecule has 0 saturated heterocycles. The molecule has 3 aromatic rings. The molecule has 0 spiro atoms. The first-order valence-electron chi connectivity index (χ1n) is 11.2. The Bertz CT molecular complexity index is 1290. The second-order valence-electron chi connectivity index (χ2n) is 8.50. The number of methoxy groups -OCH3 is 1. The molecular weight excluding hydrogens is 412 g/mol. The van der Waals surface area contributed by atoms with Gasteiger partial charge in [0.2, 0.25) is 0 Å². The molecule has 2 amide bonds. The van der Waals surface area contributed by atoms with Crippen LogP contribution in [0.5, 0.6) is 5.75 Å². The molecule has 33 heavy (non-hydrogen) atoms. The molecule has 0 N–H and O–H groups in total. The van der Waals surface area contributed by atoms with Crippen molar-refractivity contribution >= 4 is 28.8 Å². The van der Waals surface area contributed by atoms with Crippen molar-refractivity contribution in [2.45, 2.75) is 26.7 Å². The van der Waals surface area contributed by atoms with Crippen molar-refractivity contribution in [3.05, 3.63) is 94.7 Å². The van der Waals surface area contributed by atoms with Gasteiger partial charge >= 0.3 is 0 Å². The van der Waals surface area contributed by atoms with Gasteiger partial charge in [-0.15, -0.1) is 0 Å². The number of fused-ring (bicyclic) bond motifs is 1. The Hall–Kier alpha value is -3.86. The number of carbonyl (C=O) groups is 2. The lowest BCUT2D eigenvalue weighted by molar-refractivity contribution is -0.120. The van der Waals surface area contributed by atoms with Gasteiger partial charge in [-0.2, -0.15) is 0 Å². The van der Waals surface area contributed by atoms with Crippen LogP contribution in [0.4, 0.5) is 11.4 Å². The van der Waals surface area contributed by atoms with Gasteiger partial charge in [-0.1, -0.05) is 42.5 Å². The maximum Gasteiger partial charge on any atom is 0.282 e. The molecule has 2 heterocycles. The number of rotatable bonds is 4. The summed E-state index contributed by atoms with van der Waals surface area (Å²) in [4.78, 5) is 31.2. The van der Waals surface area contributed by atoms with Crippen LogP contribution < -0.4 is 14.5 Å². The molecule has 0 unspecified atom stereocenters. The van der Waals surface area contributed by atoms with Gasteiger partial charge in [-0.25, -0.2) is 4.90 Å². The van der Waals surface area contributed by atoms with Crippen molar-refractivity contribution < 1.29 is 14.3 Å². The number of benzene rings is 3. The van der Waals surface area contributed by atoms with E-state index in [4.69, 9.17) is 4.74 Å². The van der Waals surface area contributed by atoms with Gasteiger partial charge < -0.3 is 9.64 Å². The van der Waals surface area contributed by atoms with Gasteiger partial charge in [-0.05, 0) is 73.2 Å². The molecule has 0 aromatic heterocycles. The van der Waals surface area contributed by atoms with Crippen LogP contribution in [0.25, 0.3) is 5.57 Å².